The average molecular weight is 332 g/mol. The minimum Gasteiger partial charge on any atom is -0.338 e. The third-order valence-corrected chi connectivity index (χ3v) is 3.90. The van der Waals surface area contributed by atoms with E-state index >= 15 is 0 Å². The van der Waals surface area contributed by atoms with Crippen molar-refractivity contribution < 1.29 is 13.7 Å². The summed E-state index contributed by atoms with van der Waals surface area (Å²) in [4.78, 5) is 12.5. The molecule has 2 heterocycles. The standard InChI is InChI=1S/C17H21FN4O2/c1-17(2,3)14-11-15(24-20-14)19-16(23)22-10-4-9-21(22)13-7-5-12(18)6-8-13/h5-8,11H,4,9-10H2,1-3H3,(H,19,23). The number of anilines is 2. The van der Waals surface area contributed by atoms with E-state index in [1.807, 2.05) is 25.8 Å². The van der Waals surface area contributed by atoms with E-state index in [0.29, 0.717) is 19.0 Å². The van der Waals surface area contributed by atoms with Crippen LogP contribution in [0, 0.1) is 5.82 Å². The van der Waals surface area contributed by atoms with E-state index in [9.17, 15) is 9.18 Å². The highest BCUT2D eigenvalue weighted by atomic mass is 19.1. The second-order valence-electron chi connectivity index (χ2n) is 6.83. The average Bonchev–Trinajstić information content (AvgIpc) is 3.16. The highest BCUT2D eigenvalue weighted by Gasteiger charge is 2.28. The highest BCUT2D eigenvalue weighted by Crippen LogP contribution is 2.25. The Morgan fingerprint density at radius 3 is 2.58 bits per heavy atom. The number of halogens is 1. The molecule has 0 saturated carbocycles. The third-order valence-electron chi connectivity index (χ3n) is 3.90. The number of aromatic nitrogens is 1. The molecule has 1 aromatic heterocycles. The van der Waals surface area contributed by atoms with Crippen molar-refractivity contribution in [3.05, 3.63) is 41.8 Å². The minimum absolute atomic E-state index is 0.153. The molecule has 0 atom stereocenters. The lowest BCUT2D eigenvalue weighted by atomic mass is 9.92. The van der Waals surface area contributed by atoms with Gasteiger partial charge in [-0.25, -0.2) is 14.2 Å². The maximum Gasteiger partial charge on any atom is 0.343 e. The first-order chi connectivity index (χ1) is 11.3. The van der Waals surface area contributed by atoms with Gasteiger partial charge in [-0.15, -0.1) is 0 Å². The molecule has 1 aliphatic heterocycles. The van der Waals surface area contributed by atoms with Crippen molar-refractivity contribution in [3.63, 3.8) is 0 Å². The first kappa shape index (κ1) is 16.3. The summed E-state index contributed by atoms with van der Waals surface area (Å²) in [5, 5.41) is 10.1. The number of carbonyl (C=O) groups excluding carboxylic acids is 1. The van der Waals surface area contributed by atoms with Crippen molar-refractivity contribution in [2.45, 2.75) is 32.6 Å². The molecule has 1 aliphatic rings. The van der Waals surface area contributed by atoms with E-state index in [0.717, 1.165) is 17.8 Å². The molecular weight excluding hydrogens is 311 g/mol. The Hall–Kier alpha value is -2.57. The van der Waals surface area contributed by atoms with E-state index in [1.165, 1.54) is 12.1 Å². The van der Waals surface area contributed by atoms with Crippen molar-refractivity contribution >= 4 is 17.6 Å². The van der Waals surface area contributed by atoms with Crippen LogP contribution in [0.5, 0.6) is 0 Å². The van der Waals surface area contributed by atoms with Gasteiger partial charge in [-0.3, -0.25) is 10.3 Å². The fourth-order valence-corrected chi connectivity index (χ4v) is 2.56. The Labute approximate surface area is 140 Å². The second kappa shape index (κ2) is 6.14. The lowest BCUT2D eigenvalue weighted by Gasteiger charge is -2.29. The Balaban J connectivity index is 1.72. The number of nitrogens with zero attached hydrogens (tertiary/aromatic N) is 3. The van der Waals surface area contributed by atoms with Crippen LogP contribution in [0.25, 0.3) is 0 Å². The number of hydrogen-bond acceptors (Lipinski definition) is 4. The number of nitrogens with one attached hydrogen (secondary N) is 1. The quantitative estimate of drug-likeness (QED) is 0.909. The lowest BCUT2D eigenvalue weighted by molar-refractivity contribution is 0.217. The van der Waals surface area contributed by atoms with Crippen LogP contribution in [0.3, 0.4) is 0 Å². The molecular formula is C17H21FN4O2. The Morgan fingerprint density at radius 1 is 1.25 bits per heavy atom. The van der Waals surface area contributed by atoms with E-state index in [4.69, 9.17) is 4.52 Å². The van der Waals surface area contributed by atoms with Crippen LogP contribution in [-0.2, 0) is 5.41 Å². The molecule has 0 bridgehead atoms. The molecule has 0 spiro atoms. The van der Waals surface area contributed by atoms with Gasteiger partial charge in [0.15, 0.2) is 0 Å². The fraction of sp³-hybridized carbons (Fsp3) is 0.412. The lowest BCUT2D eigenvalue weighted by Crippen LogP contribution is -2.43. The van der Waals surface area contributed by atoms with Crippen LogP contribution < -0.4 is 10.3 Å². The van der Waals surface area contributed by atoms with Gasteiger partial charge in [-0.1, -0.05) is 25.9 Å². The summed E-state index contributed by atoms with van der Waals surface area (Å²) in [6.07, 6.45) is 0.842. The smallest absolute Gasteiger partial charge is 0.338 e. The summed E-state index contributed by atoms with van der Waals surface area (Å²) in [7, 11) is 0. The maximum absolute atomic E-state index is 13.1. The Morgan fingerprint density at radius 2 is 1.96 bits per heavy atom. The maximum atomic E-state index is 13.1. The van der Waals surface area contributed by atoms with Crippen LogP contribution in [0.2, 0.25) is 0 Å². The molecule has 0 aliphatic carbocycles. The van der Waals surface area contributed by atoms with E-state index in [1.54, 1.807) is 23.2 Å². The topological polar surface area (TPSA) is 61.6 Å². The van der Waals surface area contributed by atoms with Crippen LogP contribution in [-0.4, -0.2) is 29.3 Å². The number of hydrazine groups is 1. The van der Waals surface area contributed by atoms with Crippen LogP contribution >= 0.6 is 0 Å². The number of carbonyl (C=O) groups is 1. The first-order valence-corrected chi connectivity index (χ1v) is 7.93. The number of amides is 2. The number of hydrogen-bond donors (Lipinski definition) is 1. The van der Waals surface area contributed by atoms with Gasteiger partial charge < -0.3 is 4.52 Å². The number of benzene rings is 1. The molecule has 2 amide bonds. The van der Waals surface area contributed by atoms with E-state index in [-0.39, 0.29) is 17.3 Å². The molecule has 7 heteroatoms. The zero-order valence-electron chi connectivity index (χ0n) is 14.0. The van der Waals surface area contributed by atoms with E-state index in [2.05, 4.69) is 10.5 Å². The van der Waals surface area contributed by atoms with Gasteiger partial charge in [0, 0.05) is 24.6 Å². The van der Waals surface area contributed by atoms with Gasteiger partial charge in [0.2, 0.25) is 5.88 Å². The third kappa shape index (κ3) is 3.34. The largest absolute Gasteiger partial charge is 0.343 e. The van der Waals surface area contributed by atoms with Gasteiger partial charge in [-0.2, -0.15) is 0 Å². The SMILES string of the molecule is CC(C)(C)c1cc(NC(=O)N2CCCN2c2ccc(F)cc2)on1. The first-order valence-electron chi connectivity index (χ1n) is 7.93. The summed E-state index contributed by atoms with van der Waals surface area (Å²) in [6.45, 7) is 7.35. The predicted octanol–water partition coefficient (Wildman–Crippen LogP) is 3.77. The zero-order valence-corrected chi connectivity index (χ0v) is 14.0. The normalized spacial score (nSPS) is 15.0. The van der Waals surface area contributed by atoms with Gasteiger partial charge in [0.05, 0.1) is 11.4 Å². The highest BCUT2D eigenvalue weighted by molar-refractivity contribution is 5.89. The summed E-state index contributed by atoms with van der Waals surface area (Å²) in [5.74, 6) is 0.0150. The molecule has 6 nitrogen and oxygen atoms in total. The van der Waals surface area contributed by atoms with Gasteiger partial charge >= 0.3 is 6.03 Å². The molecule has 1 fully saturated rings. The van der Waals surface area contributed by atoms with Gasteiger partial charge in [-0.05, 0) is 30.7 Å². The summed E-state index contributed by atoms with van der Waals surface area (Å²) >= 11 is 0. The minimum atomic E-state index is -0.301. The monoisotopic (exact) mass is 332 g/mol. The molecule has 128 valence electrons. The zero-order chi connectivity index (χ0) is 17.3. The van der Waals surface area contributed by atoms with Crippen molar-refractivity contribution in [1.82, 2.24) is 10.2 Å². The molecule has 24 heavy (non-hydrogen) atoms. The molecule has 1 aromatic carbocycles. The molecule has 3 rings (SSSR count). The number of rotatable bonds is 2. The van der Waals surface area contributed by atoms with Crippen LogP contribution in [0.4, 0.5) is 20.8 Å². The molecule has 0 radical (unpaired) electrons. The van der Waals surface area contributed by atoms with E-state index < -0.39 is 0 Å². The predicted molar refractivity (Wildman–Crippen MR) is 89.3 cm³/mol. The Bertz CT molecular complexity index is 721. The molecule has 1 saturated heterocycles. The van der Waals surface area contributed by atoms with Crippen LogP contribution in [0.1, 0.15) is 32.9 Å². The fourth-order valence-electron chi connectivity index (χ4n) is 2.56. The number of urea groups is 1. The second-order valence-corrected chi connectivity index (χ2v) is 6.83. The summed E-state index contributed by atoms with van der Waals surface area (Å²) in [5.41, 5.74) is 1.40. The van der Waals surface area contributed by atoms with Gasteiger partial charge in [0.1, 0.15) is 5.82 Å². The molecule has 2 aromatic rings. The van der Waals surface area contributed by atoms with Crippen molar-refractivity contribution in [1.29, 1.82) is 0 Å². The van der Waals surface area contributed by atoms with Crippen molar-refractivity contribution in [2.24, 2.45) is 0 Å². The van der Waals surface area contributed by atoms with Crippen LogP contribution in [0.15, 0.2) is 34.9 Å². The summed E-state index contributed by atoms with van der Waals surface area (Å²) in [6, 6.07) is 7.52. The molecule has 1 N–H and O–H groups in total. The molecule has 0 unspecified atom stereocenters. The summed E-state index contributed by atoms with van der Waals surface area (Å²) < 4.78 is 18.3. The Kier molecular flexibility index (Phi) is 4.17. The van der Waals surface area contributed by atoms with Crippen molar-refractivity contribution in [3.8, 4) is 0 Å². The van der Waals surface area contributed by atoms with Crippen molar-refractivity contribution in [2.75, 3.05) is 23.4 Å². The van der Waals surface area contributed by atoms with Gasteiger partial charge in [0.25, 0.3) is 0 Å².